The minimum absolute atomic E-state index is 0.236. The minimum Gasteiger partial charge on any atom is -0.339 e. The molecule has 0 atom stereocenters. The van der Waals surface area contributed by atoms with Gasteiger partial charge in [-0.2, -0.15) is 0 Å². The van der Waals surface area contributed by atoms with Crippen LogP contribution in [0.5, 0.6) is 0 Å². The molecule has 7 heteroatoms. The van der Waals surface area contributed by atoms with Crippen molar-refractivity contribution in [2.75, 3.05) is 0 Å². The highest BCUT2D eigenvalue weighted by Gasteiger charge is 2.04. The first-order valence-electron chi connectivity index (χ1n) is 3.04. The molecule has 2 aromatic rings. The average Bonchev–Trinajstić information content (AvgIpc) is 2.48. The highest BCUT2D eigenvalue weighted by molar-refractivity contribution is 14.1. The highest BCUT2D eigenvalue weighted by atomic mass is 127. The molecule has 0 aliphatic rings. The van der Waals surface area contributed by atoms with E-state index in [4.69, 9.17) is 12.2 Å². The van der Waals surface area contributed by atoms with Crippen LogP contribution in [0.1, 0.15) is 0 Å². The maximum atomic E-state index is 11.2. The molecule has 0 amide bonds. The Morgan fingerprint density at radius 2 is 2.42 bits per heavy atom. The van der Waals surface area contributed by atoms with Crippen LogP contribution >= 0.6 is 35.1 Å². The smallest absolute Gasteiger partial charge is 0.277 e. The molecule has 5 nitrogen and oxygen atoms in total. The molecule has 0 spiro atoms. The van der Waals surface area contributed by atoms with Gasteiger partial charge in [0, 0.05) is 0 Å². The van der Waals surface area contributed by atoms with Gasteiger partial charge in [-0.15, -0.1) is 0 Å². The van der Waals surface area contributed by atoms with Crippen molar-refractivity contribution in [1.82, 2.24) is 17.7 Å². The molecule has 0 unspecified atom stereocenters. The molecule has 0 aliphatic heterocycles. The molecule has 0 radical (unpaired) electrons. The second-order valence-electron chi connectivity index (χ2n) is 2.14. The van der Waals surface area contributed by atoms with Gasteiger partial charge in [-0.3, -0.25) is 9.78 Å². The van der Waals surface area contributed by atoms with E-state index in [-0.39, 0.29) is 5.56 Å². The van der Waals surface area contributed by atoms with Crippen LogP contribution in [0.3, 0.4) is 0 Å². The Morgan fingerprint density at radius 1 is 1.67 bits per heavy atom. The zero-order valence-electron chi connectivity index (χ0n) is 5.67. The Balaban J connectivity index is 3.18. The summed E-state index contributed by atoms with van der Waals surface area (Å²) >= 11 is 6.86. The fourth-order valence-electron chi connectivity index (χ4n) is 0.908. The first-order chi connectivity index (χ1) is 5.70. The third kappa shape index (κ3) is 1.00. The van der Waals surface area contributed by atoms with Gasteiger partial charge in [0.25, 0.3) is 5.56 Å². The van der Waals surface area contributed by atoms with E-state index < -0.39 is 0 Å². The molecule has 0 bridgehead atoms. The fourth-order valence-corrected chi connectivity index (χ4v) is 1.57. The second kappa shape index (κ2) is 2.66. The van der Waals surface area contributed by atoms with Gasteiger partial charge in [-0.05, 0) is 12.2 Å². The molecule has 2 rings (SSSR count). The summed E-state index contributed by atoms with van der Waals surface area (Å²) in [6, 6.07) is 0. The summed E-state index contributed by atoms with van der Waals surface area (Å²) in [4.78, 5) is 20.4. The van der Waals surface area contributed by atoms with Crippen LogP contribution in [-0.4, -0.2) is 17.7 Å². The van der Waals surface area contributed by atoms with E-state index in [0.717, 1.165) is 0 Å². The van der Waals surface area contributed by atoms with Crippen LogP contribution in [0.2, 0.25) is 0 Å². The quantitative estimate of drug-likeness (QED) is 0.562. The van der Waals surface area contributed by atoms with Crippen molar-refractivity contribution in [2.45, 2.75) is 0 Å². The number of rotatable bonds is 0. The number of H-pyrrole nitrogens is 2. The second-order valence-corrected chi connectivity index (χ2v) is 3.49. The summed E-state index contributed by atoms with van der Waals surface area (Å²) in [5, 5.41) is 0. The SMILES string of the molecule is O=c1[nH]c(=S)n(I)c2nc[nH]c12. The van der Waals surface area contributed by atoms with E-state index in [1.807, 2.05) is 22.9 Å². The maximum Gasteiger partial charge on any atom is 0.277 e. The molecular formula is C5H3IN4OS. The van der Waals surface area contributed by atoms with E-state index in [9.17, 15) is 4.79 Å². The zero-order chi connectivity index (χ0) is 8.72. The molecule has 12 heavy (non-hydrogen) atoms. The van der Waals surface area contributed by atoms with E-state index in [0.29, 0.717) is 15.9 Å². The van der Waals surface area contributed by atoms with Gasteiger partial charge >= 0.3 is 0 Å². The number of halogens is 1. The Labute approximate surface area is 85.3 Å². The zero-order valence-corrected chi connectivity index (χ0v) is 8.64. The number of nitrogens with zero attached hydrogens (tertiary/aromatic N) is 2. The van der Waals surface area contributed by atoms with Gasteiger partial charge in [0.1, 0.15) is 5.52 Å². The van der Waals surface area contributed by atoms with Gasteiger partial charge in [0.2, 0.25) is 0 Å². The van der Waals surface area contributed by atoms with Gasteiger partial charge in [0.15, 0.2) is 10.4 Å². The standard InChI is InChI=1S/C5H3IN4OS/c6-10-3-2(7-1-8-3)4(11)9-5(10)12/h1H,(H,7,8)(H,9,11,12). The van der Waals surface area contributed by atoms with Crippen LogP contribution in [0.4, 0.5) is 0 Å². The number of hydrogen-bond donors (Lipinski definition) is 2. The van der Waals surface area contributed by atoms with Crippen molar-refractivity contribution in [3.63, 3.8) is 0 Å². The number of fused-ring (bicyclic) bond motifs is 1. The summed E-state index contributed by atoms with van der Waals surface area (Å²) in [6.45, 7) is 0. The van der Waals surface area contributed by atoms with E-state index in [2.05, 4.69) is 15.0 Å². The lowest BCUT2D eigenvalue weighted by Gasteiger charge is -1.94. The lowest BCUT2D eigenvalue weighted by atomic mass is 10.6. The fraction of sp³-hybridized carbons (Fsp3) is 0. The Bertz CT molecular complexity index is 538. The topological polar surface area (TPSA) is 66.5 Å². The molecule has 0 saturated carbocycles. The van der Waals surface area contributed by atoms with Gasteiger partial charge in [-0.1, -0.05) is 0 Å². The maximum absolute atomic E-state index is 11.2. The number of imidazole rings is 1. The van der Waals surface area contributed by atoms with Crippen LogP contribution in [0, 0.1) is 4.77 Å². The van der Waals surface area contributed by atoms with Crippen LogP contribution in [0.25, 0.3) is 11.2 Å². The summed E-state index contributed by atoms with van der Waals surface area (Å²) in [7, 11) is 0. The summed E-state index contributed by atoms with van der Waals surface area (Å²) in [6.07, 6.45) is 1.46. The molecule has 2 aromatic heterocycles. The number of nitrogens with one attached hydrogen (secondary N) is 2. The van der Waals surface area contributed by atoms with Crippen LogP contribution in [-0.2, 0) is 0 Å². The Kier molecular flexibility index (Phi) is 1.76. The predicted molar refractivity (Wildman–Crippen MR) is 55.0 cm³/mol. The number of aromatic nitrogens is 4. The number of hydrogen-bond acceptors (Lipinski definition) is 3. The third-order valence-electron chi connectivity index (χ3n) is 1.43. The van der Waals surface area contributed by atoms with Crippen molar-refractivity contribution in [3.05, 3.63) is 21.5 Å². The monoisotopic (exact) mass is 294 g/mol. The van der Waals surface area contributed by atoms with Crippen molar-refractivity contribution in [2.24, 2.45) is 0 Å². The Morgan fingerprint density at radius 3 is 3.17 bits per heavy atom. The molecule has 2 heterocycles. The molecule has 62 valence electrons. The first-order valence-corrected chi connectivity index (χ1v) is 4.42. The molecule has 0 aliphatic carbocycles. The van der Waals surface area contributed by atoms with E-state index >= 15 is 0 Å². The van der Waals surface area contributed by atoms with E-state index in [1.54, 1.807) is 2.78 Å². The minimum atomic E-state index is -0.236. The first kappa shape index (κ1) is 7.92. The highest BCUT2D eigenvalue weighted by Crippen LogP contribution is 2.06. The predicted octanol–water partition coefficient (Wildman–Crippen LogP) is 0.980. The van der Waals surface area contributed by atoms with Crippen molar-refractivity contribution in [1.29, 1.82) is 0 Å². The lowest BCUT2D eigenvalue weighted by Crippen LogP contribution is -2.09. The summed E-state index contributed by atoms with van der Waals surface area (Å²) in [5.74, 6) is 0. The van der Waals surface area contributed by atoms with Crippen LogP contribution < -0.4 is 5.56 Å². The summed E-state index contributed by atoms with van der Waals surface area (Å²) in [5.41, 5.74) is 0.766. The molecule has 2 N–H and O–H groups in total. The van der Waals surface area contributed by atoms with Crippen molar-refractivity contribution < 1.29 is 0 Å². The molecule has 0 fully saturated rings. The molecule has 0 aromatic carbocycles. The molecule has 0 saturated heterocycles. The number of aromatic amines is 2. The largest absolute Gasteiger partial charge is 0.339 e. The van der Waals surface area contributed by atoms with E-state index in [1.165, 1.54) is 6.33 Å². The van der Waals surface area contributed by atoms with Gasteiger partial charge in [0.05, 0.1) is 29.2 Å². The van der Waals surface area contributed by atoms with Gasteiger partial charge < -0.3 is 4.98 Å². The lowest BCUT2D eigenvalue weighted by molar-refractivity contribution is 1.10. The van der Waals surface area contributed by atoms with Crippen molar-refractivity contribution >= 4 is 46.2 Å². The average molecular weight is 294 g/mol. The molecular weight excluding hydrogens is 291 g/mol. The summed E-state index contributed by atoms with van der Waals surface area (Å²) < 4.78 is 1.97. The van der Waals surface area contributed by atoms with Gasteiger partial charge in [-0.25, -0.2) is 7.76 Å². The normalized spacial score (nSPS) is 10.8. The van der Waals surface area contributed by atoms with Crippen LogP contribution in [0.15, 0.2) is 11.1 Å². The van der Waals surface area contributed by atoms with Crippen molar-refractivity contribution in [3.8, 4) is 0 Å². The third-order valence-corrected chi connectivity index (χ3v) is 2.98. The Hall–Kier alpha value is -0.700.